The summed E-state index contributed by atoms with van der Waals surface area (Å²) in [5.74, 6) is -1.02. The summed E-state index contributed by atoms with van der Waals surface area (Å²) in [5.41, 5.74) is 2.52. The molecule has 8 heteroatoms. The number of benzene rings is 2. The van der Waals surface area contributed by atoms with Gasteiger partial charge < -0.3 is 10.3 Å². The Labute approximate surface area is 152 Å². The predicted octanol–water partition coefficient (Wildman–Crippen LogP) is 3.00. The maximum absolute atomic E-state index is 13.4. The van der Waals surface area contributed by atoms with Crippen LogP contribution in [0.25, 0.3) is 16.6 Å². The van der Waals surface area contributed by atoms with Crippen LogP contribution in [0.3, 0.4) is 0 Å². The van der Waals surface area contributed by atoms with Crippen molar-refractivity contribution in [3.05, 3.63) is 77.8 Å². The molecule has 2 aromatic heterocycles. The van der Waals surface area contributed by atoms with Crippen LogP contribution >= 0.6 is 0 Å². The molecule has 2 heterocycles. The van der Waals surface area contributed by atoms with Gasteiger partial charge in [0.1, 0.15) is 11.6 Å². The Morgan fingerprint density at radius 3 is 2.70 bits per heavy atom. The molecule has 2 aromatic carbocycles. The van der Waals surface area contributed by atoms with Gasteiger partial charge in [-0.3, -0.25) is 4.79 Å². The lowest BCUT2D eigenvalue weighted by Gasteiger charge is -2.02. The van der Waals surface area contributed by atoms with Crippen LogP contribution in [0.4, 0.5) is 8.78 Å². The highest BCUT2D eigenvalue weighted by atomic mass is 19.1. The Hall–Kier alpha value is -3.55. The number of hydrogen-bond acceptors (Lipinski definition) is 3. The summed E-state index contributed by atoms with van der Waals surface area (Å²) in [7, 11) is 0. The molecule has 0 spiro atoms. The number of hydrogen-bond donors (Lipinski definition) is 2. The Morgan fingerprint density at radius 2 is 1.89 bits per heavy atom. The number of halogens is 2. The van der Waals surface area contributed by atoms with Crippen LogP contribution in [-0.2, 0) is 6.42 Å². The van der Waals surface area contributed by atoms with Gasteiger partial charge in [-0.1, -0.05) is 5.21 Å². The molecule has 0 aliphatic carbocycles. The molecule has 0 bridgehead atoms. The molecule has 0 fully saturated rings. The van der Waals surface area contributed by atoms with Crippen LogP contribution in [0.2, 0.25) is 0 Å². The fourth-order valence-corrected chi connectivity index (χ4v) is 2.85. The highest BCUT2D eigenvalue weighted by Gasteiger charge is 2.12. The van der Waals surface area contributed by atoms with Gasteiger partial charge in [0.25, 0.3) is 5.91 Å². The Balaban J connectivity index is 1.39. The van der Waals surface area contributed by atoms with Gasteiger partial charge in [0, 0.05) is 23.6 Å². The summed E-state index contributed by atoms with van der Waals surface area (Å²) in [5, 5.41) is 11.3. The number of H-pyrrole nitrogens is 1. The summed E-state index contributed by atoms with van der Waals surface area (Å²) in [6, 6.07) is 10.2. The molecule has 1 amide bonds. The third kappa shape index (κ3) is 3.55. The van der Waals surface area contributed by atoms with Gasteiger partial charge in [0.2, 0.25) is 0 Å². The van der Waals surface area contributed by atoms with Crippen molar-refractivity contribution in [1.82, 2.24) is 25.3 Å². The topological polar surface area (TPSA) is 75.6 Å². The number of aromatic amines is 1. The second kappa shape index (κ2) is 6.99. The minimum absolute atomic E-state index is 0.157. The van der Waals surface area contributed by atoms with Crippen LogP contribution in [0, 0.1) is 11.6 Å². The molecule has 0 aliphatic heterocycles. The van der Waals surface area contributed by atoms with Gasteiger partial charge in [0.05, 0.1) is 11.9 Å². The number of rotatable bonds is 5. The molecule has 27 heavy (non-hydrogen) atoms. The largest absolute Gasteiger partial charge is 0.361 e. The van der Waals surface area contributed by atoms with Crippen molar-refractivity contribution in [1.29, 1.82) is 0 Å². The van der Waals surface area contributed by atoms with Gasteiger partial charge >= 0.3 is 0 Å². The monoisotopic (exact) mass is 367 g/mol. The van der Waals surface area contributed by atoms with Crippen molar-refractivity contribution < 1.29 is 13.6 Å². The second-order valence-corrected chi connectivity index (χ2v) is 6.03. The zero-order valence-electron chi connectivity index (χ0n) is 14.1. The van der Waals surface area contributed by atoms with Gasteiger partial charge in [-0.25, -0.2) is 13.5 Å². The molecule has 2 N–H and O–H groups in total. The smallest absolute Gasteiger partial charge is 0.273 e. The highest BCUT2D eigenvalue weighted by Crippen LogP contribution is 2.19. The van der Waals surface area contributed by atoms with Crippen LogP contribution in [0.5, 0.6) is 0 Å². The zero-order chi connectivity index (χ0) is 18.8. The molecule has 0 unspecified atom stereocenters. The maximum atomic E-state index is 13.4. The Bertz CT molecular complexity index is 1100. The van der Waals surface area contributed by atoms with Gasteiger partial charge in [-0.05, 0) is 54.4 Å². The average Bonchev–Trinajstić information content (AvgIpc) is 3.30. The summed E-state index contributed by atoms with van der Waals surface area (Å²) in [4.78, 5) is 15.3. The Kier molecular flexibility index (Phi) is 4.37. The first-order valence-electron chi connectivity index (χ1n) is 8.32. The normalized spacial score (nSPS) is 11.0. The molecule has 0 radical (unpaired) electrons. The fourth-order valence-electron chi connectivity index (χ4n) is 2.85. The van der Waals surface area contributed by atoms with E-state index in [1.807, 2.05) is 0 Å². The van der Waals surface area contributed by atoms with Crippen molar-refractivity contribution in [2.75, 3.05) is 6.54 Å². The number of nitrogens with one attached hydrogen (secondary N) is 2. The van der Waals surface area contributed by atoms with E-state index >= 15 is 0 Å². The van der Waals surface area contributed by atoms with E-state index in [1.54, 1.807) is 24.4 Å². The predicted molar refractivity (Wildman–Crippen MR) is 95.6 cm³/mol. The molecule has 0 aliphatic rings. The average molecular weight is 367 g/mol. The standard InChI is InChI=1S/C19H15F2N5O/c20-13-1-4-15(5-2-13)26-11-18(24-25-26)19(27)22-8-7-12-10-23-17-6-3-14(21)9-16(12)17/h1-6,9-11,23H,7-8H2,(H,22,27). The van der Waals surface area contributed by atoms with E-state index in [0.717, 1.165) is 16.5 Å². The summed E-state index contributed by atoms with van der Waals surface area (Å²) < 4.78 is 27.8. The molecule has 0 saturated heterocycles. The second-order valence-electron chi connectivity index (χ2n) is 6.03. The molecule has 136 valence electrons. The van der Waals surface area contributed by atoms with Crippen LogP contribution in [0.15, 0.2) is 54.9 Å². The number of carbonyl (C=O) groups excluding carboxylic acids is 1. The molecular formula is C19H15F2N5O. The van der Waals surface area contributed by atoms with Crippen molar-refractivity contribution in [3.8, 4) is 5.69 Å². The Morgan fingerprint density at radius 1 is 1.11 bits per heavy atom. The number of carbonyl (C=O) groups is 1. The zero-order valence-corrected chi connectivity index (χ0v) is 14.1. The minimum atomic E-state index is -0.366. The van der Waals surface area contributed by atoms with E-state index < -0.39 is 0 Å². The van der Waals surface area contributed by atoms with Crippen LogP contribution in [0.1, 0.15) is 16.1 Å². The quantitative estimate of drug-likeness (QED) is 0.569. The van der Waals surface area contributed by atoms with Gasteiger partial charge in [0.15, 0.2) is 5.69 Å². The van der Waals surface area contributed by atoms with E-state index in [9.17, 15) is 13.6 Å². The summed E-state index contributed by atoms with van der Waals surface area (Å²) in [6.07, 6.45) is 3.83. The third-order valence-corrected chi connectivity index (χ3v) is 4.23. The van der Waals surface area contributed by atoms with E-state index in [4.69, 9.17) is 0 Å². The van der Waals surface area contributed by atoms with Gasteiger partial charge in [-0.15, -0.1) is 5.10 Å². The van der Waals surface area contributed by atoms with Crippen molar-refractivity contribution >= 4 is 16.8 Å². The highest BCUT2D eigenvalue weighted by molar-refractivity contribution is 5.92. The number of aromatic nitrogens is 4. The van der Waals surface area contributed by atoms with Crippen LogP contribution in [-0.4, -0.2) is 32.4 Å². The lowest BCUT2D eigenvalue weighted by molar-refractivity contribution is 0.0949. The van der Waals surface area contributed by atoms with E-state index in [0.29, 0.717) is 18.7 Å². The molecule has 0 saturated carbocycles. The molecule has 0 atom stereocenters. The lowest BCUT2D eigenvalue weighted by Crippen LogP contribution is -2.26. The third-order valence-electron chi connectivity index (χ3n) is 4.23. The van der Waals surface area contributed by atoms with Crippen molar-refractivity contribution in [2.45, 2.75) is 6.42 Å². The summed E-state index contributed by atoms with van der Waals surface area (Å²) >= 11 is 0. The SMILES string of the molecule is O=C(NCCc1c[nH]c2ccc(F)cc12)c1cn(-c2ccc(F)cc2)nn1. The molecular weight excluding hydrogens is 352 g/mol. The maximum Gasteiger partial charge on any atom is 0.273 e. The van der Waals surface area contributed by atoms with Crippen molar-refractivity contribution in [2.24, 2.45) is 0 Å². The number of fused-ring (bicyclic) bond motifs is 1. The van der Waals surface area contributed by atoms with Crippen LogP contribution < -0.4 is 5.32 Å². The van der Waals surface area contributed by atoms with E-state index in [2.05, 4.69) is 20.6 Å². The van der Waals surface area contributed by atoms with Gasteiger partial charge in [-0.2, -0.15) is 0 Å². The number of nitrogens with zero attached hydrogens (tertiary/aromatic N) is 3. The summed E-state index contributed by atoms with van der Waals surface area (Å²) in [6.45, 7) is 0.367. The first kappa shape index (κ1) is 16.9. The lowest BCUT2D eigenvalue weighted by atomic mass is 10.1. The van der Waals surface area contributed by atoms with Crippen molar-refractivity contribution in [3.63, 3.8) is 0 Å². The van der Waals surface area contributed by atoms with E-state index in [1.165, 1.54) is 35.1 Å². The molecule has 4 aromatic rings. The minimum Gasteiger partial charge on any atom is -0.361 e. The molecule has 4 rings (SSSR count). The molecule has 6 nitrogen and oxygen atoms in total. The first-order valence-corrected chi connectivity index (χ1v) is 8.32. The van der Waals surface area contributed by atoms with E-state index in [-0.39, 0.29) is 23.2 Å². The first-order chi connectivity index (χ1) is 13.1. The fraction of sp³-hybridized carbons (Fsp3) is 0.105. The number of amides is 1.